The number of carbonyl (C=O) groups is 2. The Kier molecular flexibility index (Phi) is 5.31. The van der Waals surface area contributed by atoms with Crippen molar-refractivity contribution in [1.82, 2.24) is 10.6 Å². The van der Waals surface area contributed by atoms with Crippen LogP contribution in [0.25, 0.3) is 0 Å². The number of benzene rings is 1. The Hall–Kier alpha value is -2.09. The van der Waals surface area contributed by atoms with Gasteiger partial charge in [-0.25, -0.2) is 0 Å². The zero-order valence-electron chi connectivity index (χ0n) is 11.2. The van der Waals surface area contributed by atoms with E-state index in [0.717, 1.165) is 0 Å². The lowest BCUT2D eigenvalue weighted by atomic mass is 9.96. The van der Waals surface area contributed by atoms with Gasteiger partial charge in [0.05, 0.1) is 6.54 Å². The monoisotopic (exact) mass is 304 g/mol. The first-order valence-electron chi connectivity index (χ1n) is 6.02. The highest BCUT2D eigenvalue weighted by Gasteiger charge is 2.30. The standard InChI is InChI=1S/C13H15F3N2O3/c1-12(21,9-5-3-2-4-6-9)7-17-10(19)11(20)18-8-13(14,15)16/h2-6,21H,7-8H2,1H3,(H,17,19)(H,18,20)/t12-/m0/s1. The summed E-state index contributed by atoms with van der Waals surface area (Å²) in [5.74, 6) is -2.65. The maximum Gasteiger partial charge on any atom is 0.405 e. The first kappa shape index (κ1) is 17.0. The van der Waals surface area contributed by atoms with Gasteiger partial charge in [0.2, 0.25) is 0 Å². The van der Waals surface area contributed by atoms with Crippen LogP contribution < -0.4 is 10.6 Å². The fraction of sp³-hybridized carbons (Fsp3) is 0.385. The lowest BCUT2D eigenvalue weighted by Crippen LogP contribution is -2.47. The second kappa shape index (κ2) is 6.57. The molecule has 0 saturated heterocycles. The van der Waals surface area contributed by atoms with E-state index >= 15 is 0 Å². The van der Waals surface area contributed by atoms with E-state index in [-0.39, 0.29) is 6.54 Å². The van der Waals surface area contributed by atoms with Crippen molar-refractivity contribution >= 4 is 11.8 Å². The Balaban J connectivity index is 2.51. The minimum Gasteiger partial charge on any atom is -0.384 e. The molecule has 0 aliphatic carbocycles. The number of nitrogens with one attached hydrogen (secondary N) is 2. The van der Waals surface area contributed by atoms with Gasteiger partial charge in [-0.3, -0.25) is 9.59 Å². The minimum absolute atomic E-state index is 0.310. The molecule has 0 aromatic heterocycles. The molecule has 21 heavy (non-hydrogen) atoms. The van der Waals surface area contributed by atoms with Gasteiger partial charge in [0, 0.05) is 0 Å². The van der Waals surface area contributed by atoms with Gasteiger partial charge < -0.3 is 15.7 Å². The summed E-state index contributed by atoms with van der Waals surface area (Å²) in [6.45, 7) is -0.486. The highest BCUT2D eigenvalue weighted by Crippen LogP contribution is 2.18. The summed E-state index contributed by atoms with van der Waals surface area (Å²) < 4.78 is 35.7. The van der Waals surface area contributed by atoms with Crippen molar-refractivity contribution in [2.75, 3.05) is 13.1 Å². The zero-order chi connectivity index (χ0) is 16.1. The van der Waals surface area contributed by atoms with E-state index < -0.39 is 30.1 Å². The molecule has 3 N–H and O–H groups in total. The number of aliphatic hydroxyl groups is 1. The first-order chi connectivity index (χ1) is 9.62. The fourth-order valence-corrected chi connectivity index (χ4v) is 1.49. The second-order valence-corrected chi connectivity index (χ2v) is 4.62. The molecule has 0 unspecified atom stereocenters. The summed E-state index contributed by atoms with van der Waals surface area (Å²) in [5.41, 5.74) is -0.942. The molecule has 0 aliphatic rings. The van der Waals surface area contributed by atoms with Crippen molar-refractivity contribution in [3.8, 4) is 0 Å². The molecule has 0 aliphatic heterocycles. The molecule has 116 valence electrons. The highest BCUT2D eigenvalue weighted by atomic mass is 19.4. The Morgan fingerprint density at radius 3 is 2.00 bits per heavy atom. The third-order valence-electron chi connectivity index (χ3n) is 2.64. The topological polar surface area (TPSA) is 78.4 Å². The molecule has 0 saturated carbocycles. The van der Waals surface area contributed by atoms with E-state index in [4.69, 9.17) is 0 Å². The maximum atomic E-state index is 11.9. The van der Waals surface area contributed by atoms with E-state index in [1.54, 1.807) is 30.3 Å². The molecule has 1 aromatic carbocycles. The normalized spacial score (nSPS) is 14.1. The summed E-state index contributed by atoms with van der Waals surface area (Å²) in [5, 5.41) is 13.7. The number of halogens is 3. The van der Waals surface area contributed by atoms with Gasteiger partial charge in [0.15, 0.2) is 0 Å². The summed E-state index contributed by atoms with van der Waals surface area (Å²) in [6.07, 6.45) is -4.59. The average molecular weight is 304 g/mol. The molecule has 2 amide bonds. The van der Waals surface area contributed by atoms with Crippen LogP contribution in [0.5, 0.6) is 0 Å². The van der Waals surface area contributed by atoms with E-state index in [1.807, 2.05) is 0 Å². The van der Waals surface area contributed by atoms with Gasteiger partial charge in [-0.05, 0) is 12.5 Å². The molecule has 0 radical (unpaired) electrons. The van der Waals surface area contributed by atoms with Crippen LogP contribution in [0.2, 0.25) is 0 Å². The summed E-state index contributed by atoms with van der Waals surface area (Å²) in [4.78, 5) is 22.5. The van der Waals surface area contributed by atoms with Gasteiger partial charge in [0.25, 0.3) is 0 Å². The van der Waals surface area contributed by atoms with Crippen LogP contribution in [0, 0.1) is 0 Å². The number of alkyl halides is 3. The SMILES string of the molecule is C[C@](O)(CNC(=O)C(=O)NCC(F)(F)F)c1ccccc1. The molecule has 0 bridgehead atoms. The molecule has 0 heterocycles. The highest BCUT2D eigenvalue weighted by molar-refractivity contribution is 6.35. The van der Waals surface area contributed by atoms with Crippen LogP contribution >= 0.6 is 0 Å². The Labute approximate surface area is 119 Å². The number of carbonyl (C=O) groups excluding carboxylic acids is 2. The minimum atomic E-state index is -4.59. The molecule has 0 fully saturated rings. The molecule has 0 spiro atoms. The predicted molar refractivity (Wildman–Crippen MR) is 68.1 cm³/mol. The molecule has 1 rings (SSSR count). The van der Waals surface area contributed by atoms with E-state index in [0.29, 0.717) is 5.56 Å². The Morgan fingerprint density at radius 2 is 1.52 bits per heavy atom. The summed E-state index contributed by atoms with van der Waals surface area (Å²) >= 11 is 0. The van der Waals surface area contributed by atoms with Gasteiger partial charge >= 0.3 is 18.0 Å². The average Bonchev–Trinajstić information content (AvgIpc) is 2.42. The molecular weight excluding hydrogens is 289 g/mol. The molecule has 5 nitrogen and oxygen atoms in total. The van der Waals surface area contributed by atoms with Crippen LogP contribution in [-0.2, 0) is 15.2 Å². The van der Waals surface area contributed by atoms with Crippen molar-refractivity contribution in [3.05, 3.63) is 35.9 Å². The van der Waals surface area contributed by atoms with Gasteiger partial charge in [-0.2, -0.15) is 13.2 Å². The van der Waals surface area contributed by atoms with Crippen LogP contribution in [0.3, 0.4) is 0 Å². The molecule has 1 aromatic rings. The van der Waals surface area contributed by atoms with Crippen molar-refractivity contribution < 1.29 is 27.9 Å². The lowest BCUT2D eigenvalue weighted by molar-refractivity contribution is -0.146. The van der Waals surface area contributed by atoms with Gasteiger partial charge in [0.1, 0.15) is 12.1 Å². The molecule has 8 heteroatoms. The van der Waals surface area contributed by atoms with Crippen molar-refractivity contribution in [3.63, 3.8) is 0 Å². The second-order valence-electron chi connectivity index (χ2n) is 4.62. The molecule has 1 atom stereocenters. The fourth-order valence-electron chi connectivity index (χ4n) is 1.49. The van der Waals surface area contributed by atoms with Crippen LogP contribution in [0.1, 0.15) is 12.5 Å². The van der Waals surface area contributed by atoms with E-state index in [1.165, 1.54) is 12.2 Å². The third kappa shape index (κ3) is 5.82. The Morgan fingerprint density at radius 1 is 1.05 bits per heavy atom. The quantitative estimate of drug-likeness (QED) is 0.716. The summed E-state index contributed by atoms with van der Waals surface area (Å²) in [7, 11) is 0. The van der Waals surface area contributed by atoms with Crippen molar-refractivity contribution in [2.45, 2.75) is 18.7 Å². The Bertz CT molecular complexity index is 501. The lowest BCUT2D eigenvalue weighted by Gasteiger charge is -2.24. The van der Waals surface area contributed by atoms with Crippen molar-refractivity contribution in [1.29, 1.82) is 0 Å². The number of rotatable bonds is 4. The largest absolute Gasteiger partial charge is 0.405 e. The van der Waals surface area contributed by atoms with Crippen LogP contribution in [-0.4, -0.2) is 36.2 Å². The summed E-state index contributed by atoms with van der Waals surface area (Å²) in [6, 6.07) is 8.35. The van der Waals surface area contributed by atoms with E-state index in [9.17, 15) is 27.9 Å². The predicted octanol–water partition coefficient (Wildman–Crippen LogP) is 0.689. The maximum absolute atomic E-state index is 11.9. The van der Waals surface area contributed by atoms with Crippen molar-refractivity contribution in [2.24, 2.45) is 0 Å². The van der Waals surface area contributed by atoms with Crippen LogP contribution in [0.4, 0.5) is 13.2 Å². The first-order valence-corrected chi connectivity index (χ1v) is 6.02. The third-order valence-corrected chi connectivity index (χ3v) is 2.64. The van der Waals surface area contributed by atoms with Gasteiger partial charge in [-0.1, -0.05) is 30.3 Å². The molecular formula is C13H15F3N2O3. The zero-order valence-corrected chi connectivity index (χ0v) is 11.2. The van der Waals surface area contributed by atoms with Gasteiger partial charge in [-0.15, -0.1) is 0 Å². The van der Waals surface area contributed by atoms with E-state index in [2.05, 4.69) is 5.32 Å². The number of hydrogen-bond acceptors (Lipinski definition) is 3. The smallest absolute Gasteiger partial charge is 0.384 e. The van der Waals surface area contributed by atoms with Crippen LogP contribution in [0.15, 0.2) is 30.3 Å². The number of hydrogen-bond donors (Lipinski definition) is 3. The number of amides is 2.